The average Bonchev–Trinajstić information content (AvgIpc) is 3.06. The molecule has 0 saturated carbocycles. The Bertz CT molecular complexity index is 1440. The van der Waals surface area contributed by atoms with Gasteiger partial charge in [0, 0.05) is 49.6 Å². The Morgan fingerprint density at radius 1 is 0.978 bits per heavy atom. The Balaban J connectivity index is 1.60. The van der Waals surface area contributed by atoms with Crippen LogP contribution in [-0.4, -0.2) is 84.4 Å². The SMILES string of the molecule is C[C@H](CO)N1C[C@H](C)[C@@H](CN(C)C(=O)c2ccccc2)OCCCC[C@H](C)Oc2ccc(NC(=O)Nc3ccccc3)cc2C1=O. The van der Waals surface area contributed by atoms with Crippen LogP contribution < -0.4 is 15.4 Å². The number of carbonyl (C=O) groups is 3. The van der Waals surface area contributed by atoms with Crippen molar-refractivity contribution in [3.63, 3.8) is 0 Å². The van der Waals surface area contributed by atoms with Gasteiger partial charge in [-0.1, -0.05) is 43.3 Å². The van der Waals surface area contributed by atoms with E-state index in [4.69, 9.17) is 9.47 Å². The zero-order valence-electron chi connectivity index (χ0n) is 27.1. The van der Waals surface area contributed by atoms with Crippen molar-refractivity contribution in [1.29, 1.82) is 0 Å². The number of para-hydroxylation sites is 1. The molecule has 0 unspecified atom stereocenters. The Hall–Kier alpha value is -4.41. The molecule has 1 aliphatic rings. The molecule has 3 aromatic carbocycles. The monoisotopic (exact) mass is 630 g/mol. The van der Waals surface area contributed by atoms with Crippen LogP contribution in [0.5, 0.6) is 5.75 Å². The summed E-state index contributed by atoms with van der Waals surface area (Å²) >= 11 is 0. The Morgan fingerprint density at radius 3 is 2.35 bits per heavy atom. The second-order valence-corrected chi connectivity index (χ2v) is 12.0. The molecule has 1 aliphatic heterocycles. The first-order valence-electron chi connectivity index (χ1n) is 15.9. The molecule has 4 rings (SSSR count). The third-order valence-electron chi connectivity index (χ3n) is 8.16. The number of amides is 4. The third-order valence-corrected chi connectivity index (χ3v) is 8.16. The number of urea groups is 1. The maximum atomic E-state index is 14.3. The molecule has 246 valence electrons. The van der Waals surface area contributed by atoms with Gasteiger partial charge in [0.05, 0.1) is 30.4 Å². The van der Waals surface area contributed by atoms with Crippen molar-refractivity contribution in [1.82, 2.24) is 9.80 Å². The molecular weight excluding hydrogens is 584 g/mol. The number of aliphatic hydroxyl groups is 1. The standard InChI is InChI=1S/C36H46N4O6/c1-25-22-40(26(2)24-41)35(43)31-21-30(38-36(44)37-29-16-9-6-10-17-29)18-19-32(31)46-27(3)13-11-12-20-45-33(25)23-39(4)34(42)28-14-7-5-8-15-28/h5-10,14-19,21,25-27,33,41H,11-13,20,22-24H2,1-4H3,(H2,37,38,44)/t25-,26+,27-,33+/m0/s1. The number of fused-ring (bicyclic) bond motifs is 1. The van der Waals surface area contributed by atoms with E-state index in [0.717, 1.165) is 19.3 Å². The van der Waals surface area contributed by atoms with Crippen LogP contribution in [-0.2, 0) is 4.74 Å². The van der Waals surface area contributed by atoms with Crippen LogP contribution in [0.1, 0.15) is 60.7 Å². The van der Waals surface area contributed by atoms with Gasteiger partial charge in [-0.05, 0) is 75.6 Å². The first-order chi connectivity index (χ1) is 22.2. The fourth-order valence-electron chi connectivity index (χ4n) is 5.43. The molecule has 0 aliphatic carbocycles. The van der Waals surface area contributed by atoms with Crippen molar-refractivity contribution in [3.05, 3.63) is 90.0 Å². The highest BCUT2D eigenvalue weighted by Crippen LogP contribution is 2.29. The fraction of sp³-hybridized carbons (Fsp3) is 0.417. The zero-order valence-corrected chi connectivity index (χ0v) is 27.1. The molecule has 10 nitrogen and oxygen atoms in total. The summed E-state index contributed by atoms with van der Waals surface area (Å²) in [6, 6.07) is 22.2. The van der Waals surface area contributed by atoms with E-state index in [0.29, 0.717) is 35.8 Å². The summed E-state index contributed by atoms with van der Waals surface area (Å²) in [6.07, 6.45) is 1.89. The number of nitrogens with zero attached hydrogens (tertiary/aromatic N) is 2. The predicted octanol–water partition coefficient (Wildman–Crippen LogP) is 5.90. The molecule has 4 amide bonds. The molecule has 3 N–H and O–H groups in total. The molecule has 0 fully saturated rings. The maximum absolute atomic E-state index is 14.3. The Kier molecular flexibility index (Phi) is 12.6. The summed E-state index contributed by atoms with van der Waals surface area (Å²) in [4.78, 5) is 43.5. The summed E-state index contributed by atoms with van der Waals surface area (Å²) in [5.41, 5.74) is 1.93. The number of likely N-dealkylation sites (N-methyl/N-ethyl adjacent to an activating group) is 1. The van der Waals surface area contributed by atoms with E-state index in [1.165, 1.54) is 0 Å². The number of aliphatic hydroxyl groups excluding tert-OH is 1. The Morgan fingerprint density at radius 2 is 1.65 bits per heavy atom. The van der Waals surface area contributed by atoms with Gasteiger partial charge >= 0.3 is 6.03 Å². The van der Waals surface area contributed by atoms with Crippen molar-refractivity contribution in [2.75, 3.05) is 44.0 Å². The largest absolute Gasteiger partial charge is 0.490 e. The Labute approximate surface area is 271 Å². The van der Waals surface area contributed by atoms with Gasteiger partial charge in [-0.3, -0.25) is 9.59 Å². The van der Waals surface area contributed by atoms with E-state index in [2.05, 4.69) is 10.6 Å². The lowest BCUT2D eigenvalue weighted by Gasteiger charge is -2.36. The summed E-state index contributed by atoms with van der Waals surface area (Å²) in [5, 5.41) is 15.8. The second kappa shape index (κ2) is 16.8. The molecule has 10 heteroatoms. The number of nitrogens with one attached hydrogen (secondary N) is 2. The molecule has 0 radical (unpaired) electrons. The summed E-state index contributed by atoms with van der Waals surface area (Å²) in [6.45, 7) is 6.60. The normalized spacial score (nSPS) is 20.0. The lowest BCUT2D eigenvalue weighted by Crippen LogP contribution is -2.48. The predicted molar refractivity (Wildman–Crippen MR) is 179 cm³/mol. The summed E-state index contributed by atoms with van der Waals surface area (Å²) < 4.78 is 12.7. The van der Waals surface area contributed by atoms with Crippen molar-refractivity contribution < 1.29 is 29.0 Å². The van der Waals surface area contributed by atoms with Crippen LogP contribution in [0, 0.1) is 5.92 Å². The van der Waals surface area contributed by atoms with Gasteiger partial charge in [0.2, 0.25) is 0 Å². The summed E-state index contributed by atoms with van der Waals surface area (Å²) in [5.74, 6) is -0.225. The second-order valence-electron chi connectivity index (χ2n) is 12.0. The van der Waals surface area contributed by atoms with Crippen LogP contribution in [0.3, 0.4) is 0 Å². The molecule has 46 heavy (non-hydrogen) atoms. The van der Waals surface area contributed by atoms with Gasteiger partial charge in [-0.15, -0.1) is 0 Å². The first-order valence-corrected chi connectivity index (χ1v) is 15.9. The van der Waals surface area contributed by atoms with Crippen LogP contribution in [0.25, 0.3) is 0 Å². The lowest BCUT2D eigenvalue weighted by molar-refractivity contribution is -0.0149. The number of benzene rings is 3. The van der Waals surface area contributed by atoms with Crippen molar-refractivity contribution in [2.24, 2.45) is 5.92 Å². The van der Waals surface area contributed by atoms with Gasteiger partial charge in [0.1, 0.15) is 5.75 Å². The van der Waals surface area contributed by atoms with Gasteiger partial charge in [-0.2, -0.15) is 0 Å². The van der Waals surface area contributed by atoms with E-state index in [9.17, 15) is 19.5 Å². The molecule has 1 heterocycles. The van der Waals surface area contributed by atoms with E-state index < -0.39 is 12.1 Å². The highest BCUT2D eigenvalue weighted by atomic mass is 16.5. The minimum atomic E-state index is -0.518. The average molecular weight is 631 g/mol. The van der Waals surface area contributed by atoms with Crippen molar-refractivity contribution >= 4 is 29.2 Å². The molecule has 0 aromatic heterocycles. The van der Waals surface area contributed by atoms with E-state index in [-0.39, 0.29) is 48.7 Å². The number of ether oxygens (including phenoxy) is 2. The van der Waals surface area contributed by atoms with E-state index in [1.807, 2.05) is 50.2 Å². The highest BCUT2D eigenvalue weighted by Gasteiger charge is 2.31. The number of hydrogen-bond acceptors (Lipinski definition) is 6. The minimum absolute atomic E-state index is 0.108. The molecular formula is C36H46N4O6. The van der Waals surface area contributed by atoms with Gasteiger partial charge in [-0.25, -0.2) is 4.79 Å². The quantitative estimate of drug-likeness (QED) is 0.299. The maximum Gasteiger partial charge on any atom is 0.323 e. The molecule has 0 spiro atoms. The van der Waals surface area contributed by atoms with Gasteiger partial charge < -0.3 is 35.0 Å². The lowest BCUT2D eigenvalue weighted by atomic mass is 10.0. The molecule has 0 bridgehead atoms. The summed E-state index contributed by atoms with van der Waals surface area (Å²) in [7, 11) is 1.76. The molecule has 3 aromatic rings. The van der Waals surface area contributed by atoms with E-state index in [1.54, 1.807) is 66.2 Å². The van der Waals surface area contributed by atoms with Crippen molar-refractivity contribution in [2.45, 2.75) is 58.3 Å². The van der Waals surface area contributed by atoms with Crippen LogP contribution in [0.2, 0.25) is 0 Å². The number of hydrogen-bond donors (Lipinski definition) is 3. The van der Waals surface area contributed by atoms with E-state index >= 15 is 0 Å². The van der Waals surface area contributed by atoms with Crippen molar-refractivity contribution in [3.8, 4) is 5.75 Å². The number of rotatable bonds is 7. The number of anilines is 2. The molecule has 4 atom stereocenters. The first kappa shape index (κ1) is 34.5. The van der Waals surface area contributed by atoms with Crippen LogP contribution in [0.4, 0.5) is 16.2 Å². The molecule has 0 saturated heterocycles. The minimum Gasteiger partial charge on any atom is -0.490 e. The van der Waals surface area contributed by atoms with Gasteiger partial charge in [0.15, 0.2) is 0 Å². The fourth-order valence-corrected chi connectivity index (χ4v) is 5.43. The van der Waals surface area contributed by atoms with Gasteiger partial charge in [0.25, 0.3) is 11.8 Å². The smallest absolute Gasteiger partial charge is 0.323 e. The topological polar surface area (TPSA) is 120 Å². The number of carbonyl (C=O) groups excluding carboxylic acids is 3. The zero-order chi connectivity index (χ0) is 33.1. The third kappa shape index (κ3) is 9.55. The highest BCUT2D eigenvalue weighted by molar-refractivity contribution is 6.02. The van der Waals surface area contributed by atoms with Crippen LogP contribution in [0.15, 0.2) is 78.9 Å². The van der Waals surface area contributed by atoms with Crippen LogP contribution >= 0.6 is 0 Å².